The van der Waals surface area contributed by atoms with Gasteiger partial charge in [-0.25, -0.2) is 10.5 Å². The van der Waals surface area contributed by atoms with Crippen LogP contribution in [0.25, 0.3) is 11.0 Å². The molecule has 9 heteroatoms. The maximum Gasteiger partial charge on any atom is 0.274 e. The summed E-state index contributed by atoms with van der Waals surface area (Å²) in [5, 5.41) is 15.0. The summed E-state index contributed by atoms with van der Waals surface area (Å²) in [6.07, 6.45) is 0. The number of rotatable bonds is 3. The van der Waals surface area contributed by atoms with Gasteiger partial charge < -0.3 is 25.1 Å². The minimum absolute atomic E-state index is 0.328. The van der Waals surface area contributed by atoms with Gasteiger partial charge >= 0.3 is 0 Å². The van der Waals surface area contributed by atoms with E-state index < -0.39 is 5.91 Å². The van der Waals surface area contributed by atoms with Gasteiger partial charge in [0.25, 0.3) is 5.91 Å². The molecule has 1 aliphatic heterocycles. The molecule has 0 unspecified atom stereocenters. The summed E-state index contributed by atoms with van der Waals surface area (Å²) in [6, 6.07) is 10.5. The number of benzene rings is 2. The molecule has 2 aromatic carbocycles. The first-order valence-corrected chi connectivity index (χ1v) is 8.02. The number of amides is 1. The number of anilines is 3. The van der Waals surface area contributed by atoms with Crippen molar-refractivity contribution in [3.05, 3.63) is 42.0 Å². The lowest BCUT2D eigenvalue weighted by molar-refractivity contribution is 0.0706. The smallest absolute Gasteiger partial charge is 0.274 e. The van der Waals surface area contributed by atoms with Crippen LogP contribution in [0.2, 0.25) is 0 Å². The zero-order valence-corrected chi connectivity index (χ0v) is 13.7. The van der Waals surface area contributed by atoms with E-state index in [0.717, 1.165) is 22.5 Å². The van der Waals surface area contributed by atoms with Crippen molar-refractivity contribution in [1.29, 1.82) is 0 Å². The van der Waals surface area contributed by atoms with Crippen LogP contribution in [0.5, 0.6) is 5.75 Å². The molecule has 1 aromatic heterocycles. The first-order valence-electron chi connectivity index (χ1n) is 8.02. The number of hydrogen-bond donors (Lipinski definition) is 5. The largest absolute Gasteiger partial charge is 0.489 e. The van der Waals surface area contributed by atoms with Gasteiger partial charge in [-0.05, 0) is 24.3 Å². The Bertz CT molecular complexity index is 910. The highest BCUT2D eigenvalue weighted by Crippen LogP contribution is 2.31. The zero-order valence-electron chi connectivity index (χ0n) is 13.7. The second-order valence-corrected chi connectivity index (χ2v) is 5.68. The van der Waals surface area contributed by atoms with Gasteiger partial charge in [0.05, 0.1) is 23.3 Å². The molecule has 5 N–H and O–H groups in total. The van der Waals surface area contributed by atoms with Gasteiger partial charge in [0.1, 0.15) is 19.1 Å². The number of fused-ring (bicyclic) bond motifs is 2. The van der Waals surface area contributed by atoms with Gasteiger partial charge in [-0.1, -0.05) is 6.07 Å². The Morgan fingerprint density at radius 2 is 2.15 bits per heavy atom. The quantitative estimate of drug-likeness (QED) is 0.361. The molecule has 134 valence electrons. The average molecular weight is 355 g/mol. The fraction of sp³-hybridized carbons (Fsp3) is 0.176. The molecule has 1 aliphatic rings. The minimum atomic E-state index is -0.580. The molecule has 2 heterocycles. The number of aromatic nitrogens is 2. The molecule has 0 aliphatic carbocycles. The highest BCUT2D eigenvalue weighted by molar-refractivity contribution is 5.94. The van der Waals surface area contributed by atoms with Gasteiger partial charge in [-0.3, -0.25) is 10.0 Å². The van der Waals surface area contributed by atoms with Gasteiger partial charge in [-0.2, -0.15) is 0 Å². The number of H-pyrrole nitrogens is 1. The van der Waals surface area contributed by atoms with Crippen molar-refractivity contribution in [2.45, 2.75) is 0 Å². The molecule has 26 heavy (non-hydrogen) atoms. The fourth-order valence-electron chi connectivity index (χ4n) is 2.70. The molecule has 0 bridgehead atoms. The lowest BCUT2D eigenvalue weighted by Crippen LogP contribution is -2.18. The van der Waals surface area contributed by atoms with Crippen molar-refractivity contribution in [3.8, 4) is 5.75 Å². The number of aromatic amines is 1. The molecule has 0 radical (unpaired) electrons. The van der Waals surface area contributed by atoms with E-state index in [1.807, 2.05) is 12.1 Å². The van der Waals surface area contributed by atoms with Crippen LogP contribution in [0, 0.1) is 0 Å². The number of imidazole rings is 1. The van der Waals surface area contributed by atoms with Crippen molar-refractivity contribution in [2.24, 2.45) is 0 Å². The van der Waals surface area contributed by atoms with E-state index in [4.69, 9.17) is 14.7 Å². The fourth-order valence-corrected chi connectivity index (χ4v) is 2.70. The lowest BCUT2D eigenvalue weighted by Gasteiger charge is -2.17. The van der Waals surface area contributed by atoms with E-state index >= 15 is 0 Å². The maximum atomic E-state index is 11.5. The molecule has 3 aromatic rings. The molecule has 1 amide bonds. The summed E-state index contributed by atoms with van der Waals surface area (Å²) in [5.74, 6) is 0.678. The number of hydroxylamine groups is 1. The summed E-state index contributed by atoms with van der Waals surface area (Å²) >= 11 is 0. The Morgan fingerprint density at radius 1 is 1.23 bits per heavy atom. The Labute approximate surface area is 148 Å². The second-order valence-electron chi connectivity index (χ2n) is 5.68. The van der Waals surface area contributed by atoms with Crippen LogP contribution in [0.4, 0.5) is 17.3 Å². The molecule has 0 spiro atoms. The van der Waals surface area contributed by atoms with E-state index in [9.17, 15) is 4.79 Å². The molecule has 0 saturated carbocycles. The summed E-state index contributed by atoms with van der Waals surface area (Å²) in [7, 11) is 0. The normalized spacial score (nSPS) is 13.7. The van der Waals surface area contributed by atoms with Crippen molar-refractivity contribution >= 4 is 34.3 Å². The van der Waals surface area contributed by atoms with Gasteiger partial charge in [0.15, 0.2) is 0 Å². The molecular formula is C17H17N5O4. The molecule has 0 saturated heterocycles. The Kier molecular flexibility index (Phi) is 4.30. The van der Waals surface area contributed by atoms with E-state index in [1.54, 1.807) is 29.7 Å². The van der Waals surface area contributed by atoms with Crippen molar-refractivity contribution in [1.82, 2.24) is 15.4 Å². The summed E-state index contributed by atoms with van der Waals surface area (Å²) in [5.41, 5.74) is 4.99. The minimum Gasteiger partial charge on any atom is -0.489 e. The lowest BCUT2D eigenvalue weighted by atomic mass is 10.2. The summed E-state index contributed by atoms with van der Waals surface area (Å²) in [6.45, 7) is 1.42. The van der Waals surface area contributed by atoms with Crippen LogP contribution in [0.1, 0.15) is 10.4 Å². The van der Waals surface area contributed by atoms with E-state index in [0.29, 0.717) is 37.1 Å². The third-order valence-electron chi connectivity index (χ3n) is 3.92. The van der Waals surface area contributed by atoms with Crippen LogP contribution in [-0.4, -0.2) is 41.0 Å². The van der Waals surface area contributed by atoms with Gasteiger partial charge in [0, 0.05) is 17.3 Å². The van der Waals surface area contributed by atoms with Crippen molar-refractivity contribution in [3.63, 3.8) is 0 Å². The molecule has 0 fully saturated rings. The highest BCUT2D eigenvalue weighted by Gasteiger charge is 2.12. The SMILES string of the molecule is O=C(NO)c1cccc(Nc2nc3cc4c(cc3[nH]2)OCCOCN4)c1. The monoisotopic (exact) mass is 355 g/mol. The van der Waals surface area contributed by atoms with Crippen LogP contribution >= 0.6 is 0 Å². The molecule has 4 rings (SSSR count). The molecule has 9 nitrogen and oxygen atoms in total. The first kappa shape index (κ1) is 16.2. The predicted octanol–water partition coefficient (Wildman–Crippen LogP) is 2.20. The van der Waals surface area contributed by atoms with Crippen LogP contribution in [-0.2, 0) is 4.74 Å². The zero-order chi connectivity index (χ0) is 17.9. The Morgan fingerprint density at radius 3 is 3.04 bits per heavy atom. The number of carbonyl (C=O) groups is 1. The molecular weight excluding hydrogens is 338 g/mol. The second kappa shape index (κ2) is 6.90. The van der Waals surface area contributed by atoms with Crippen LogP contribution < -0.4 is 20.9 Å². The first-order chi connectivity index (χ1) is 12.7. The summed E-state index contributed by atoms with van der Waals surface area (Å²) < 4.78 is 11.0. The number of nitrogens with zero attached hydrogens (tertiary/aromatic N) is 1. The van der Waals surface area contributed by atoms with Gasteiger partial charge in [-0.15, -0.1) is 0 Å². The van der Waals surface area contributed by atoms with E-state index in [-0.39, 0.29) is 0 Å². The Balaban J connectivity index is 1.62. The number of nitrogens with one attached hydrogen (secondary N) is 4. The van der Waals surface area contributed by atoms with Crippen molar-refractivity contribution < 1.29 is 19.5 Å². The maximum absolute atomic E-state index is 11.5. The predicted molar refractivity (Wildman–Crippen MR) is 95.0 cm³/mol. The third kappa shape index (κ3) is 3.25. The topological polar surface area (TPSA) is 121 Å². The van der Waals surface area contributed by atoms with Crippen molar-refractivity contribution in [2.75, 3.05) is 30.6 Å². The van der Waals surface area contributed by atoms with Gasteiger partial charge in [0.2, 0.25) is 5.95 Å². The van der Waals surface area contributed by atoms with E-state index in [1.165, 1.54) is 0 Å². The third-order valence-corrected chi connectivity index (χ3v) is 3.92. The van der Waals surface area contributed by atoms with Crippen LogP contribution in [0.15, 0.2) is 36.4 Å². The number of ether oxygens (including phenoxy) is 2. The molecule has 0 atom stereocenters. The Hall–Kier alpha value is -3.30. The number of carbonyl (C=O) groups excluding carboxylic acids is 1. The summed E-state index contributed by atoms with van der Waals surface area (Å²) in [4.78, 5) is 19.2. The average Bonchev–Trinajstić information content (AvgIpc) is 3.02. The highest BCUT2D eigenvalue weighted by atomic mass is 16.5. The van der Waals surface area contributed by atoms with Crippen LogP contribution in [0.3, 0.4) is 0 Å². The van der Waals surface area contributed by atoms with E-state index in [2.05, 4.69) is 20.6 Å². The standard InChI is InChI=1S/C17H17N5O4/c23-16(22-24)10-2-1-3-11(6-10)19-17-20-12-7-14-15(8-13(12)21-17)26-5-4-25-9-18-14/h1-3,6-8,18,24H,4-5,9H2,(H,22,23)(H2,19,20,21). The number of hydrogen-bond acceptors (Lipinski definition) is 7.